The maximum absolute atomic E-state index is 2.53. The summed E-state index contributed by atoms with van der Waals surface area (Å²) in [5, 5.41) is 0. The van der Waals surface area contributed by atoms with E-state index in [4.69, 9.17) is 0 Å². The van der Waals surface area contributed by atoms with Gasteiger partial charge in [-0.05, 0) is 0 Å². The van der Waals surface area contributed by atoms with Crippen LogP contribution in [-0.4, -0.2) is 25.7 Å². The Kier molecular flexibility index (Phi) is 1.92. The summed E-state index contributed by atoms with van der Waals surface area (Å²) in [5.74, 6) is 0. The van der Waals surface area contributed by atoms with Crippen LogP contribution in [0.5, 0.6) is 0 Å². The van der Waals surface area contributed by atoms with Gasteiger partial charge in [-0.1, -0.05) is 0 Å². The molecule has 1 heterocycles. The molecule has 0 amide bonds. The number of hydrogen-bond acceptors (Lipinski definition) is 0. The van der Waals surface area contributed by atoms with Crippen LogP contribution in [0.25, 0.3) is 0 Å². The predicted octanol–water partition coefficient (Wildman–Crippen LogP) is 3.06. The molecule has 1 aliphatic heterocycles. The molecule has 0 unspecified atom stereocenters. The van der Waals surface area contributed by atoms with Crippen molar-refractivity contribution in [1.29, 1.82) is 0 Å². The van der Waals surface area contributed by atoms with Gasteiger partial charge in [-0.15, -0.1) is 0 Å². The fraction of sp³-hybridized carbons (Fsp3) is 1.00. The zero-order valence-corrected chi connectivity index (χ0v) is 9.91. The van der Waals surface area contributed by atoms with Crippen molar-refractivity contribution in [2.45, 2.75) is 27.7 Å². The number of rotatable bonds is 0. The van der Waals surface area contributed by atoms with Crippen LogP contribution >= 0.6 is 7.26 Å². The first-order valence-corrected chi connectivity index (χ1v) is 8.08. The first-order chi connectivity index (χ1) is 4.66. The summed E-state index contributed by atoms with van der Waals surface area (Å²) in [5.41, 5.74) is 1.17. The SMILES string of the molecule is CC1(C)C[PH](C)(C)CC1(C)C. The topological polar surface area (TPSA) is 0 Å². The zero-order valence-electron chi connectivity index (χ0n) is 8.91. The third-order valence-electron chi connectivity index (χ3n) is 3.67. The van der Waals surface area contributed by atoms with Gasteiger partial charge in [0.25, 0.3) is 0 Å². The Hall–Kier alpha value is 0.430. The third kappa shape index (κ3) is 1.61. The summed E-state index contributed by atoms with van der Waals surface area (Å²) >= 11 is 0. The van der Waals surface area contributed by atoms with Crippen molar-refractivity contribution in [2.75, 3.05) is 25.7 Å². The van der Waals surface area contributed by atoms with Crippen molar-refractivity contribution in [1.82, 2.24) is 0 Å². The molecule has 1 saturated heterocycles. The Morgan fingerprint density at radius 2 is 1.09 bits per heavy atom. The summed E-state index contributed by atoms with van der Waals surface area (Å²) < 4.78 is 0. The second kappa shape index (κ2) is 2.22. The van der Waals surface area contributed by atoms with E-state index in [9.17, 15) is 0 Å². The van der Waals surface area contributed by atoms with Crippen LogP contribution < -0.4 is 0 Å². The van der Waals surface area contributed by atoms with Crippen LogP contribution in [0.4, 0.5) is 0 Å². The van der Waals surface area contributed by atoms with E-state index in [1.54, 1.807) is 0 Å². The molecular formula is C10H23P. The Morgan fingerprint density at radius 3 is 1.18 bits per heavy atom. The van der Waals surface area contributed by atoms with E-state index in [-0.39, 0.29) is 0 Å². The zero-order chi connectivity index (χ0) is 8.91. The van der Waals surface area contributed by atoms with Crippen molar-refractivity contribution < 1.29 is 0 Å². The van der Waals surface area contributed by atoms with Crippen LogP contribution in [0.1, 0.15) is 27.7 Å². The quantitative estimate of drug-likeness (QED) is 0.495. The molecule has 0 atom stereocenters. The molecule has 1 rings (SSSR count). The van der Waals surface area contributed by atoms with Crippen LogP contribution in [0.2, 0.25) is 0 Å². The van der Waals surface area contributed by atoms with E-state index in [2.05, 4.69) is 41.0 Å². The minimum atomic E-state index is -0.811. The number of hydrogen-bond donors (Lipinski definition) is 0. The van der Waals surface area contributed by atoms with Gasteiger partial charge in [0, 0.05) is 0 Å². The molecule has 0 aromatic heterocycles. The van der Waals surface area contributed by atoms with Crippen LogP contribution in [-0.2, 0) is 0 Å². The van der Waals surface area contributed by atoms with Gasteiger partial charge in [-0.3, -0.25) is 0 Å². The standard InChI is InChI=1S/C10H23P/c1-9(2)7-11(5,6)8-10(9,3)4/h11H,7-8H2,1-6H3. The van der Waals surface area contributed by atoms with Gasteiger partial charge in [0.1, 0.15) is 0 Å². The van der Waals surface area contributed by atoms with Gasteiger partial charge in [0.2, 0.25) is 0 Å². The van der Waals surface area contributed by atoms with Crippen LogP contribution in [0.15, 0.2) is 0 Å². The Balaban J connectivity index is 2.89. The second-order valence-corrected chi connectivity index (χ2v) is 11.3. The maximum atomic E-state index is 2.53. The average molecular weight is 174 g/mol. The minimum absolute atomic E-state index is 0.586. The van der Waals surface area contributed by atoms with E-state index < -0.39 is 7.26 Å². The van der Waals surface area contributed by atoms with Gasteiger partial charge in [0.05, 0.1) is 0 Å². The van der Waals surface area contributed by atoms with Gasteiger partial charge in [0.15, 0.2) is 0 Å². The van der Waals surface area contributed by atoms with E-state index in [1.807, 2.05) is 0 Å². The summed E-state index contributed by atoms with van der Waals surface area (Å²) in [4.78, 5) is 0. The van der Waals surface area contributed by atoms with Crippen molar-refractivity contribution in [3.05, 3.63) is 0 Å². The van der Waals surface area contributed by atoms with Crippen molar-refractivity contribution >= 4 is 7.26 Å². The van der Waals surface area contributed by atoms with Gasteiger partial charge < -0.3 is 0 Å². The molecule has 68 valence electrons. The van der Waals surface area contributed by atoms with Crippen LogP contribution in [0, 0.1) is 10.8 Å². The van der Waals surface area contributed by atoms with Crippen LogP contribution in [0.3, 0.4) is 0 Å². The third-order valence-corrected chi connectivity index (χ3v) is 7.36. The van der Waals surface area contributed by atoms with Crippen molar-refractivity contribution in [2.24, 2.45) is 10.8 Å². The van der Waals surface area contributed by atoms with E-state index in [0.29, 0.717) is 10.8 Å². The molecule has 0 aliphatic carbocycles. The molecule has 0 aromatic carbocycles. The summed E-state index contributed by atoms with van der Waals surface area (Å²) in [7, 11) is -0.811. The van der Waals surface area contributed by atoms with Gasteiger partial charge in [-0.25, -0.2) is 0 Å². The van der Waals surface area contributed by atoms with E-state index in [0.717, 1.165) is 0 Å². The molecule has 0 radical (unpaired) electrons. The molecule has 1 aliphatic rings. The molecule has 0 N–H and O–H groups in total. The Labute approximate surface area is 72.1 Å². The summed E-state index contributed by atoms with van der Waals surface area (Å²) in [6, 6.07) is 0. The Morgan fingerprint density at radius 1 is 0.818 bits per heavy atom. The molecule has 0 spiro atoms. The van der Waals surface area contributed by atoms with Gasteiger partial charge >= 0.3 is 71.4 Å². The molecule has 0 bridgehead atoms. The fourth-order valence-electron chi connectivity index (χ4n) is 2.93. The molecule has 1 heteroatoms. The molecule has 0 aromatic rings. The molecule has 0 saturated carbocycles. The fourth-order valence-corrected chi connectivity index (χ4v) is 8.80. The van der Waals surface area contributed by atoms with E-state index >= 15 is 0 Å². The van der Waals surface area contributed by atoms with Gasteiger partial charge in [-0.2, -0.15) is 0 Å². The average Bonchev–Trinajstić information content (AvgIpc) is 1.66. The second-order valence-electron chi connectivity index (χ2n) is 6.29. The van der Waals surface area contributed by atoms with Crippen molar-refractivity contribution in [3.8, 4) is 0 Å². The normalized spacial score (nSPS) is 35.1. The molecule has 1 fully saturated rings. The molecular weight excluding hydrogens is 151 g/mol. The van der Waals surface area contributed by atoms with E-state index in [1.165, 1.54) is 12.3 Å². The summed E-state index contributed by atoms with van der Waals surface area (Å²) in [6.07, 6.45) is 3.01. The first-order valence-electron chi connectivity index (χ1n) is 4.66. The van der Waals surface area contributed by atoms with Crippen molar-refractivity contribution in [3.63, 3.8) is 0 Å². The predicted molar refractivity (Wildman–Crippen MR) is 57.5 cm³/mol. The molecule has 0 nitrogen and oxygen atoms in total. The summed E-state index contributed by atoms with van der Waals surface area (Å²) in [6.45, 7) is 14.8. The first kappa shape index (κ1) is 9.52. The molecule has 11 heavy (non-hydrogen) atoms. The Bertz CT molecular complexity index is 148. The monoisotopic (exact) mass is 174 g/mol.